The van der Waals surface area contributed by atoms with Gasteiger partial charge in [0.2, 0.25) is 0 Å². The molecule has 0 aliphatic heterocycles. The summed E-state index contributed by atoms with van der Waals surface area (Å²) in [5.74, 6) is 0. The van der Waals surface area contributed by atoms with Crippen LogP contribution in [0.1, 0.15) is 0 Å². The third kappa shape index (κ3) is 1.86. The van der Waals surface area contributed by atoms with E-state index >= 15 is 0 Å². The monoisotopic (exact) mass is 418 g/mol. The van der Waals surface area contributed by atoms with E-state index in [1.807, 2.05) is 22.7 Å². The van der Waals surface area contributed by atoms with E-state index in [1.165, 1.54) is 55.6 Å². The van der Waals surface area contributed by atoms with Crippen molar-refractivity contribution in [1.29, 1.82) is 0 Å². The van der Waals surface area contributed by atoms with Crippen molar-refractivity contribution in [2.24, 2.45) is 0 Å². The van der Waals surface area contributed by atoms with Crippen molar-refractivity contribution in [3.05, 3.63) is 71.2 Å². The maximum atomic E-state index is 3.76. The van der Waals surface area contributed by atoms with Gasteiger partial charge in [0.05, 0.1) is 9.40 Å². The van der Waals surface area contributed by atoms with Crippen LogP contribution in [0.4, 0.5) is 0 Å². The molecule has 6 aromatic rings. The molecule has 6 rings (SSSR count). The largest absolute Gasteiger partial charge is 0.134 e. The molecule has 2 heterocycles. The van der Waals surface area contributed by atoms with Gasteiger partial charge >= 0.3 is 0 Å². The normalized spacial score (nSPS) is 12.2. The zero-order valence-electron chi connectivity index (χ0n) is 13.0. The highest BCUT2D eigenvalue weighted by atomic mass is 79.9. The fraction of sp³-hybridized carbons (Fsp3) is 0. The van der Waals surface area contributed by atoms with Crippen molar-refractivity contribution >= 4 is 89.7 Å². The molecule has 25 heavy (non-hydrogen) atoms. The Morgan fingerprint density at radius 2 is 1.20 bits per heavy atom. The Balaban J connectivity index is 1.90. The van der Waals surface area contributed by atoms with Crippen LogP contribution < -0.4 is 0 Å². The standard InChI is InChI=1S/C22H11BrS2/c23-17-11-19-20(14-7-2-1-5-12(14)17)16-10-9-15-13-6-3-4-8-18(13)24-21(15)22(16)25-19/h1-11H. The van der Waals surface area contributed by atoms with Gasteiger partial charge in [-0.25, -0.2) is 0 Å². The fourth-order valence-electron chi connectivity index (χ4n) is 3.84. The molecular formula is C22H11BrS2. The van der Waals surface area contributed by atoms with Crippen LogP contribution in [-0.2, 0) is 0 Å². The Kier molecular flexibility index (Phi) is 2.87. The highest BCUT2D eigenvalue weighted by Crippen LogP contribution is 2.47. The van der Waals surface area contributed by atoms with Gasteiger partial charge in [0.15, 0.2) is 0 Å². The van der Waals surface area contributed by atoms with Gasteiger partial charge < -0.3 is 0 Å². The Morgan fingerprint density at radius 1 is 0.560 bits per heavy atom. The van der Waals surface area contributed by atoms with E-state index in [2.05, 4.69) is 82.7 Å². The van der Waals surface area contributed by atoms with Crippen molar-refractivity contribution < 1.29 is 0 Å². The minimum atomic E-state index is 1.18. The molecule has 0 unspecified atom stereocenters. The first-order chi connectivity index (χ1) is 12.3. The molecule has 3 heteroatoms. The Bertz CT molecular complexity index is 1450. The van der Waals surface area contributed by atoms with Gasteiger partial charge in [-0.1, -0.05) is 70.5 Å². The molecule has 0 bridgehead atoms. The van der Waals surface area contributed by atoms with Crippen molar-refractivity contribution in [1.82, 2.24) is 0 Å². The van der Waals surface area contributed by atoms with Crippen LogP contribution in [0.5, 0.6) is 0 Å². The van der Waals surface area contributed by atoms with E-state index in [-0.39, 0.29) is 0 Å². The molecule has 2 aromatic heterocycles. The average molecular weight is 419 g/mol. The summed E-state index contributed by atoms with van der Waals surface area (Å²) in [7, 11) is 0. The van der Waals surface area contributed by atoms with Crippen molar-refractivity contribution in [2.75, 3.05) is 0 Å². The first-order valence-electron chi connectivity index (χ1n) is 8.15. The summed E-state index contributed by atoms with van der Waals surface area (Å²) < 4.78 is 6.73. The van der Waals surface area contributed by atoms with Gasteiger partial charge in [-0.2, -0.15) is 0 Å². The summed E-state index contributed by atoms with van der Waals surface area (Å²) in [4.78, 5) is 0. The maximum absolute atomic E-state index is 3.76. The molecule has 0 N–H and O–H groups in total. The topological polar surface area (TPSA) is 0 Å². The smallest absolute Gasteiger partial charge is 0.0534 e. The number of halogens is 1. The van der Waals surface area contributed by atoms with Crippen molar-refractivity contribution in [2.45, 2.75) is 0 Å². The van der Waals surface area contributed by atoms with Gasteiger partial charge in [-0.15, -0.1) is 22.7 Å². The zero-order valence-corrected chi connectivity index (χ0v) is 16.3. The average Bonchev–Trinajstić information content (AvgIpc) is 3.20. The third-order valence-electron chi connectivity index (χ3n) is 4.94. The Labute approximate surface area is 160 Å². The van der Waals surface area contributed by atoms with E-state index in [9.17, 15) is 0 Å². The number of rotatable bonds is 0. The van der Waals surface area contributed by atoms with Crippen molar-refractivity contribution in [3.63, 3.8) is 0 Å². The van der Waals surface area contributed by atoms with Crippen LogP contribution in [0.25, 0.3) is 51.1 Å². The second kappa shape index (κ2) is 5.04. The Morgan fingerprint density at radius 3 is 2.08 bits per heavy atom. The van der Waals surface area contributed by atoms with E-state index < -0.39 is 0 Å². The van der Waals surface area contributed by atoms with E-state index in [0.717, 1.165) is 0 Å². The molecule has 118 valence electrons. The summed E-state index contributed by atoms with van der Waals surface area (Å²) in [6.45, 7) is 0. The zero-order chi connectivity index (χ0) is 16.5. The molecular weight excluding hydrogens is 408 g/mol. The molecule has 0 saturated heterocycles. The third-order valence-corrected chi connectivity index (χ3v) is 8.10. The number of thiophene rings is 2. The minimum absolute atomic E-state index is 1.18. The molecule has 0 nitrogen and oxygen atoms in total. The van der Waals surface area contributed by atoms with Crippen molar-refractivity contribution in [3.8, 4) is 0 Å². The summed E-state index contributed by atoms with van der Waals surface area (Å²) >= 11 is 7.59. The molecule has 0 aliphatic rings. The van der Waals surface area contributed by atoms with Crippen LogP contribution in [0.15, 0.2) is 71.2 Å². The number of hydrogen-bond acceptors (Lipinski definition) is 2. The maximum Gasteiger partial charge on any atom is 0.0534 e. The van der Waals surface area contributed by atoms with E-state index in [1.54, 1.807) is 0 Å². The molecule has 4 aromatic carbocycles. The van der Waals surface area contributed by atoms with Crippen LogP contribution >= 0.6 is 38.6 Å². The lowest BCUT2D eigenvalue weighted by molar-refractivity contribution is 1.78. The van der Waals surface area contributed by atoms with Gasteiger partial charge in [-0.3, -0.25) is 0 Å². The van der Waals surface area contributed by atoms with E-state index in [4.69, 9.17) is 0 Å². The minimum Gasteiger partial charge on any atom is -0.134 e. The first-order valence-corrected chi connectivity index (χ1v) is 10.6. The highest BCUT2D eigenvalue weighted by Gasteiger charge is 2.15. The lowest BCUT2D eigenvalue weighted by Gasteiger charge is -2.03. The summed E-state index contributed by atoms with van der Waals surface area (Å²) in [5, 5.41) is 8.13. The first kappa shape index (κ1) is 14.3. The summed E-state index contributed by atoms with van der Waals surface area (Å²) in [6, 6.07) is 24.3. The highest BCUT2D eigenvalue weighted by molar-refractivity contribution is 9.10. The number of fused-ring (bicyclic) bond motifs is 9. The van der Waals surface area contributed by atoms with Crippen LogP contribution in [0.2, 0.25) is 0 Å². The summed E-state index contributed by atoms with van der Waals surface area (Å²) in [6.07, 6.45) is 0. The Hall–Kier alpha value is -1.94. The molecule has 0 saturated carbocycles. The van der Waals surface area contributed by atoms with Crippen LogP contribution in [0, 0.1) is 0 Å². The summed E-state index contributed by atoms with van der Waals surface area (Å²) in [5.41, 5.74) is 0. The van der Waals surface area contributed by atoms with Crippen LogP contribution in [-0.4, -0.2) is 0 Å². The molecule has 0 atom stereocenters. The molecule has 0 spiro atoms. The van der Waals surface area contributed by atoms with Gasteiger partial charge in [0.1, 0.15) is 0 Å². The van der Waals surface area contributed by atoms with Crippen LogP contribution in [0.3, 0.4) is 0 Å². The number of hydrogen-bond donors (Lipinski definition) is 0. The van der Waals surface area contributed by atoms with Gasteiger partial charge in [-0.05, 0) is 22.9 Å². The molecule has 0 amide bonds. The lowest BCUT2D eigenvalue weighted by atomic mass is 10.0. The molecule has 0 radical (unpaired) electrons. The molecule has 0 aliphatic carbocycles. The van der Waals surface area contributed by atoms with Gasteiger partial charge in [0.25, 0.3) is 0 Å². The second-order valence-electron chi connectivity index (χ2n) is 6.30. The predicted molar refractivity (Wildman–Crippen MR) is 117 cm³/mol. The molecule has 0 fully saturated rings. The van der Waals surface area contributed by atoms with E-state index in [0.29, 0.717) is 0 Å². The predicted octanol–water partition coefficient (Wildman–Crippen LogP) is 8.34. The van der Waals surface area contributed by atoms with Gasteiger partial charge in [0, 0.05) is 35.4 Å². The lowest BCUT2D eigenvalue weighted by Crippen LogP contribution is -1.76. The SMILES string of the molecule is Brc1cc2sc3c(ccc4c5ccccc5sc43)c2c2ccccc12. The quantitative estimate of drug-likeness (QED) is 0.232. The fourth-order valence-corrected chi connectivity index (χ4v) is 7.16. The number of benzene rings is 4. The second-order valence-corrected chi connectivity index (χ2v) is 9.26.